The van der Waals surface area contributed by atoms with E-state index in [-0.39, 0.29) is 23.5 Å². The molecule has 2 aliphatic rings. The fourth-order valence-electron chi connectivity index (χ4n) is 3.40. The minimum atomic E-state index is -0.469. The van der Waals surface area contributed by atoms with E-state index < -0.39 is 5.60 Å². The highest BCUT2D eigenvalue weighted by molar-refractivity contribution is 5.78. The highest BCUT2D eigenvalue weighted by Crippen LogP contribution is 2.35. The van der Waals surface area contributed by atoms with Crippen LogP contribution in [0.15, 0.2) is 0 Å². The summed E-state index contributed by atoms with van der Waals surface area (Å²) in [6.07, 6.45) is 2.21. The first-order chi connectivity index (χ1) is 9.60. The second kappa shape index (κ2) is 5.50. The Kier molecular flexibility index (Phi) is 4.22. The molecule has 0 aromatic heterocycles. The Morgan fingerprint density at radius 1 is 1.29 bits per heavy atom. The molecule has 0 spiro atoms. The van der Waals surface area contributed by atoms with Gasteiger partial charge in [0.05, 0.1) is 0 Å². The molecule has 1 unspecified atom stereocenters. The molecule has 2 fully saturated rings. The Labute approximate surface area is 127 Å². The van der Waals surface area contributed by atoms with Crippen LogP contribution in [0, 0.1) is 5.41 Å². The number of nitrogens with zero attached hydrogens (tertiary/aromatic N) is 2. The van der Waals surface area contributed by atoms with E-state index in [0.717, 1.165) is 19.4 Å². The van der Waals surface area contributed by atoms with Crippen molar-refractivity contribution in [1.82, 2.24) is 9.80 Å². The van der Waals surface area contributed by atoms with Gasteiger partial charge in [-0.2, -0.15) is 0 Å². The van der Waals surface area contributed by atoms with Crippen molar-refractivity contribution in [3.8, 4) is 0 Å². The Balaban J connectivity index is 2.02. The standard InChI is InChI=1S/C16H28N2O3/c1-15(2,3)21-14(20)17-10-8-12(16(4,5)11-17)18-9-6-7-13(18)19/h12H,6-11H2,1-5H3. The van der Waals surface area contributed by atoms with Gasteiger partial charge in [0.25, 0.3) is 0 Å². The van der Waals surface area contributed by atoms with E-state index in [1.165, 1.54) is 0 Å². The molecule has 0 aromatic rings. The molecule has 0 aliphatic carbocycles. The fourth-order valence-corrected chi connectivity index (χ4v) is 3.40. The van der Waals surface area contributed by atoms with Crippen molar-refractivity contribution in [2.75, 3.05) is 19.6 Å². The molecule has 0 N–H and O–H groups in total. The van der Waals surface area contributed by atoms with Crippen molar-refractivity contribution >= 4 is 12.0 Å². The normalized spacial score (nSPS) is 26.1. The molecule has 2 heterocycles. The first kappa shape index (κ1) is 16.1. The van der Waals surface area contributed by atoms with Gasteiger partial charge >= 0.3 is 6.09 Å². The van der Waals surface area contributed by atoms with Crippen LogP contribution in [0.3, 0.4) is 0 Å². The molecule has 2 amide bonds. The van der Waals surface area contributed by atoms with Gasteiger partial charge in [0, 0.05) is 37.5 Å². The molecular formula is C16H28N2O3. The SMILES string of the molecule is CC(C)(C)OC(=O)N1CCC(N2CCCC2=O)C(C)(C)C1. The lowest BCUT2D eigenvalue weighted by atomic mass is 9.78. The summed E-state index contributed by atoms with van der Waals surface area (Å²) in [5.74, 6) is 0.263. The minimum absolute atomic E-state index is 0.102. The monoisotopic (exact) mass is 296 g/mol. The Hall–Kier alpha value is -1.26. The van der Waals surface area contributed by atoms with Crippen LogP contribution in [0.2, 0.25) is 0 Å². The highest BCUT2D eigenvalue weighted by atomic mass is 16.6. The van der Waals surface area contributed by atoms with Gasteiger partial charge in [-0.1, -0.05) is 13.8 Å². The van der Waals surface area contributed by atoms with Gasteiger partial charge < -0.3 is 14.5 Å². The first-order valence-electron chi connectivity index (χ1n) is 7.87. The summed E-state index contributed by atoms with van der Waals surface area (Å²) in [5.41, 5.74) is -0.571. The predicted molar refractivity (Wildman–Crippen MR) is 80.9 cm³/mol. The number of carbonyl (C=O) groups is 2. The maximum Gasteiger partial charge on any atom is 0.410 e. The minimum Gasteiger partial charge on any atom is -0.444 e. The number of likely N-dealkylation sites (tertiary alicyclic amines) is 2. The van der Waals surface area contributed by atoms with Gasteiger partial charge in [0.2, 0.25) is 5.91 Å². The van der Waals surface area contributed by atoms with E-state index in [9.17, 15) is 9.59 Å². The number of piperidine rings is 1. The molecule has 5 heteroatoms. The second-order valence-electron chi connectivity index (χ2n) is 7.89. The van der Waals surface area contributed by atoms with E-state index >= 15 is 0 Å². The maximum absolute atomic E-state index is 12.2. The Morgan fingerprint density at radius 2 is 1.95 bits per heavy atom. The predicted octanol–water partition coefficient (Wildman–Crippen LogP) is 2.64. The average molecular weight is 296 g/mol. The third-order valence-electron chi connectivity index (χ3n) is 4.31. The number of hydrogen-bond donors (Lipinski definition) is 0. The van der Waals surface area contributed by atoms with Crippen molar-refractivity contribution in [3.05, 3.63) is 0 Å². The van der Waals surface area contributed by atoms with E-state index in [1.807, 2.05) is 25.7 Å². The largest absolute Gasteiger partial charge is 0.444 e. The van der Waals surface area contributed by atoms with Crippen molar-refractivity contribution in [3.63, 3.8) is 0 Å². The van der Waals surface area contributed by atoms with Crippen LogP contribution in [0.5, 0.6) is 0 Å². The quantitative estimate of drug-likeness (QED) is 0.747. The lowest BCUT2D eigenvalue weighted by Crippen LogP contribution is -2.57. The lowest BCUT2D eigenvalue weighted by Gasteiger charge is -2.47. The summed E-state index contributed by atoms with van der Waals surface area (Å²) in [4.78, 5) is 28.0. The van der Waals surface area contributed by atoms with Crippen molar-refractivity contribution in [1.29, 1.82) is 0 Å². The third-order valence-corrected chi connectivity index (χ3v) is 4.31. The number of rotatable bonds is 1. The van der Waals surface area contributed by atoms with E-state index in [4.69, 9.17) is 4.74 Å². The molecule has 0 aromatic carbocycles. The van der Waals surface area contributed by atoms with E-state index in [0.29, 0.717) is 19.5 Å². The number of carbonyl (C=O) groups excluding carboxylic acids is 2. The molecule has 0 bridgehead atoms. The van der Waals surface area contributed by atoms with Crippen molar-refractivity contribution < 1.29 is 14.3 Å². The van der Waals surface area contributed by atoms with Gasteiger partial charge in [0.1, 0.15) is 5.60 Å². The fraction of sp³-hybridized carbons (Fsp3) is 0.875. The molecule has 5 nitrogen and oxygen atoms in total. The van der Waals surface area contributed by atoms with Crippen molar-refractivity contribution in [2.24, 2.45) is 5.41 Å². The van der Waals surface area contributed by atoms with Gasteiger partial charge in [0.15, 0.2) is 0 Å². The summed E-state index contributed by atoms with van der Waals surface area (Å²) in [6.45, 7) is 12.1. The van der Waals surface area contributed by atoms with Crippen molar-refractivity contribution in [2.45, 2.75) is 65.5 Å². The molecule has 1 atom stereocenters. The molecule has 21 heavy (non-hydrogen) atoms. The zero-order valence-corrected chi connectivity index (χ0v) is 13.9. The maximum atomic E-state index is 12.2. The van der Waals surface area contributed by atoms with Gasteiger partial charge in [-0.05, 0) is 33.6 Å². The zero-order chi connectivity index (χ0) is 15.8. The van der Waals surface area contributed by atoms with Crippen LogP contribution in [0.1, 0.15) is 53.9 Å². The van der Waals surface area contributed by atoms with Crippen LogP contribution in [0.25, 0.3) is 0 Å². The van der Waals surface area contributed by atoms with Crippen LogP contribution < -0.4 is 0 Å². The topological polar surface area (TPSA) is 49.9 Å². The summed E-state index contributed by atoms with van der Waals surface area (Å²) in [5, 5.41) is 0. The zero-order valence-electron chi connectivity index (χ0n) is 13.9. The van der Waals surface area contributed by atoms with Crippen LogP contribution in [-0.4, -0.2) is 53.1 Å². The molecule has 0 radical (unpaired) electrons. The summed E-state index contributed by atoms with van der Waals surface area (Å²) in [7, 11) is 0. The second-order valence-corrected chi connectivity index (χ2v) is 7.89. The number of amides is 2. The third kappa shape index (κ3) is 3.69. The van der Waals surface area contributed by atoms with E-state index in [1.54, 1.807) is 4.90 Å². The van der Waals surface area contributed by atoms with Gasteiger partial charge in [-0.3, -0.25) is 4.79 Å². The first-order valence-corrected chi connectivity index (χ1v) is 7.87. The Morgan fingerprint density at radius 3 is 2.43 bits per heavy atom. The van der Waals surface area contributed by atoms with E-state index in [2.05, 4.69) is 13.8 Å². The molecule has 2 saturated heterocycles. The molecule has 0 saturated carbocycles. The average Bonchev–Trinajstić information content (AvgIpc) is 2.71. The van der Waals surface area contributed by atoms with Crippen LogP contribution in [0.4, 0.5) is 4.79 Å². The number of hydrogen-bond acceptors (Lipinski definition) is 3. The molecule has 2 aliphatic heterocycles. The van der Waals surface area contributed by atoms with Gasteiger partial charge in [-0.15, -0.1) is 0 Å². The van der Waals surface area contributed by atoms with Crippen LogP contribution >= 0.6 is 0 Å². The molecule has 2 rings (SSSR count). The molecule has 120 valence electrons. The lowest BCUT2D eigenvalue weighted by molar-refractivity contribution is -0.133. The van der Waals surface area contributed by atoms with Gasteiger partial charge in [-0.25, -0.2) is 4.79 Å². The smallest absolute Gasteiger partial charge is 0.410 e. The Bertz CT molecular complexity index is 426. The summed E-state index contributed by atoms with van der Waals surface area (Å²) >= 11 is 0. The highest BCUT2D eigenvalue weighted by Gasteiger charge is 2.43. The van der Waals surface area contributed by atoms with Crippen LogP contribution in [-0.2, 0) is 9.53 Å². The summed E-state index contributed by atoms with van der Waals surface area (Å²) < 4.78 is 5.46. The number of ether oxygens (including phenoxy) is 1. The summed E-state index contributed by atoms with van der Waals surface area (Å²) in [6, 6.07) is 0.228. The molecular weight excluding hydrogens is 268 g/mol.